The van der Waals surface area contributed by atoms with E-state index in [0.717, 1.165) is 6.42 Å². The van der Waals surface area contributed by atoms with Crippen LogP contribution in [0.4, 0.5) is 13.2 Å². The summed E-state index contributed by atoms with van der Waals surface area (Å²) in [7, 11) is 0. The first-order valence-corrected chi connectivity index (χ1v) is 8.51. The Kier molecular flexibility index (Phi) is 6.30. The van der Waals surface area contributed by atoms with Crippen LogP contribution in [0.1, 0.15) is 57.8 Å². The van der Waals surface area contributed by atoms with E-state index < -0.39 is 18.1 Å². The number of hydrogen-bond acceptors (Lipinski definition) is 2. The Morgan fingerprint density at radius 1 is 1.00 bits per heavy atom. The second-order valence-corrected chi connectivity index (χ2v) is 6.67. The van der Waals surface area contributed by atoms with Crippen LogP contribution < -0.4 is 5.32 Å². The number of carbonyl (C=O) groups is 2. The van der Waals surface area contributed by atoms with Gasteiger partial charge in [-0.15, -0.1) is 0 Å². The largest absolute Gasteiger partial charge is 0.471 e. The molecule has 1 heterocycles. The summed E-state index contributed by atoms with van der Waals surface area (Å²) in [6, 6.07) is -0.494. The lowest BCUT2D eigenvalue weighted by Crippen LogP contribution is -2.49. The zero-order valence-electron chi connectivity index (χ0n) is 13.3. The Labute approximate surface area is 134 Å². The van der Waals surface area contributed by atoms with Gasteiger partial charge in [0.05, 0.1) is 0 Å². The van der Waals surface area contributed by atoms with E-state index in [4.69, 9.17) is 0 Å². The molecule has 4 nitrogen and oxygen atoms in total. The molecule has 7 heteroatoms. The van der Waals surface area contributed by atoms with Gasteiger partial charge in [-0.3, -0.25) is 9.59 Å². The molecule has 1 saturated carbocycles. The maximum atomic E-state index is 12.2. The summed E-state index contributed by atoms with van der Waals surface area (Å²) >= 11 is 0. The van der Waals surface area contributed by atoms with Crippen LogP contribution in [0.3, 0.4) is 0 Å². The minimum atomic E-state index is -4.84. The lowest BCUT2D eigenvalue weighted by Gasteiger charge is -2.33. The minimum absolute atomic E-state index is 0.0937. The van der Waals surface area contributed by atoms with Gasteiger partial charge in [0, 0.05) is 25.6 Å². The van der Waals surface area contributed by atoms with Gasteiger partial charge in [0.25, 0.3) is 0 Å². The number of hydrogen-bond donors (Lipinski definition) is 1. The van der Waals surface area contributed by atoms with Crippen molar-refractivity contribution in [3.8, 4) is 0 Å². The van der Waals surface area contributed by atoms with E-state index in [1.807, 2.05) is 5.32 Å². The Bertz CT molecular complexity index is 412. The molecule has 0 radical (unpaired) electrons. The standard InChI is InChI=1S/C16H25F3N2O2/c17-16(18,19)15(23)20-13-8-10-21(11-9-13)14(22)7-6-12-4-2-1-3-5-12/h12-13H,1-11H2,(H,20,23). The van der Waals surface area contributed by atoms with Gasteiger partial charge in [0.1, 0.15) is 0 Å². The minimum Gasteiger partial charge on any atom is -0.345 e. The summed E-state index contributed by atoms with van der Waals surface area (Å²) in [4.78, 5) is 24.8. The molecule has 0 atom stereocenters. The topological polar surface area (TPSA) is 49.4 Å². The number of rotatable bonds is 4. The van der Waals surface area contributed by atoms with Gasteiger partial charge < -0.3 is 10.2 Å². The molecular weight excluding hydrogens is 309 g/mol. The molecule has 0 aromatic carbocycles. The van der Waals surface area contributed by atoms with Gasteiger partial charge >= 0.3 is 12.1 Å². The van der Waals surface area contributed by atoms with Gasteiger partial charge in [0.15, 0.2) is 0 Å². The van der Waals surface area contributed by atoms with Crippen molar-refractivity contribution in [1.82, 2.24) is 10.2 Å². The fourth-order valence-electron chi connectivity index (χ4n) is 3.50. The molecular formula is C16H25F3N2O2. The Morgan fingerprint density at radius 2 is 1.61 bits per heavy atom. The molecule has 2 rings (SSSR count). The number of carbonyl (C=O) groups excluding carboxylic acids is 2. The molecule has 0 aromatic rings. The molecule has 2 fully saturated rings. The molecule has 23 heavy (non-hydrogen) atoms. The molecule has 1 aliphatic heterocycles. The molecule has 1 aliphatic carbocycles. The van der Waals surface area contributed by atoms with Crippen LogP contribution in [0.15, 0.2) is 0 Å². The molecule has 2 amide bonds. The third-order valence-electron chi connectivity index (χ3n) is 4.93. The third kappa shape index (κ3) is 5.70. The smallest absolute Gasteiger partial charge is 0.345 e. The highest BCUT2D eigenvalue weighted by Crippen LogP contribution is 2.27. The van der Waals surface area contributed by atoms with Crippen LogP contribution in [-0.2, 0) is 9.59 Å². The van der Waals surface area contributed by atoms with Crippen molar-refractivity contribution in [3.05, 3.63) is 0 Å². The number of alkyl halides is 3. The molecule has 1 saturated heterocycles. The van der Waals surface area contributed by atoms with Gasteiger partial charge in [-0.2, -0.15) is 13.2 Å². The van der Waals surface area contributed by atoms with E-state index in [0.29, 0.717) is 38.3 Å². The second kappa shape index (κ2) is 8.02. The van der Waals surface area contributed by atoms with Crippen molar-refractivity contribution in [2.24, 2.45) is 5.92 Å². The highest BCUT2D eigenvalue weighted by Gasteiger charge is 2.40. The van der Waals surface area contributed by atoms with E-state index in [2.05, 4.69) is 0 Å². The SMILES string of the molecule is O=C(CCC1CCCCC1)N1CCC(NC(=O)C(F)(F)F)CC1. The van der Waals surface area contributed by atoms with Gasteiger partial charge in [-0.1, -0.05) is 32.1 Å². The van der Waals surface area contributed by atoms with Gasteiger partial charge in [-0.05, 0) is 25.2 Å². The summed E-state index contributed by atoms with van der Waals surface area (Å²) in [6.45, 7) is 0.846. The first-order chi connectivity index (χ1) is 10.9. The van der Waals surface area contributed by atoms with Crippen molar-refractivity contribution < 1.29 is 22.8 Å². The van der Waals surface area contributed by atoms with E-state index in [1.165, 1.54) is 32.1 Å². The van der Waals surface area contributed by atoms with Crippen molar-refractivity contribution in [2.45, 2.75) is 70.0 Å². The summed E-state index contributed by atoms with van der Waals surface area (Å²) in [5.74, 6) is -1.15. The maximum absolute atomic E-state index is 12.2. The molecule has 132 valence electrons. The van der Waals surface area contributed by atoms with Crippen LogP contribution in [0.5, 0.6) is 0 Å². The number of likely N-dealkylation sites (tertiary alicyclic amines) is 1. The number of piperidine rings is 1. The monoisotopic (exact) mass is 334 g/mol. The highest BCUT2D eigenvalue weighted by molar-refractivity contribution is 5.82. The predicted octanol–water partition coefficient (Wildman–Crippen LogP) is 3.02. The molecule has 2 aliphatic rings. The van der Waals surface area contributed by atoms with Crippen molar-refractivity contribution in [2.75, 3.05) is 13.1 Å². The summed E-state index contributed by atoms with van der Waals surface area (Å²) in [6.07, 6.45) is 3.60. The first kappa shape index (κ1) is 18.1. The Morgan fingerprint density at radius 3 is 2.17 bits per heavy atom. The fourth-order valence-corrected chi connectivity index (χ4v) is 3.50. The molecule has 1 N–H and O–H groups in total. The number of amides is 2. The van der Waals surface area contributed by atoms with Crippen LogP contribution in [-0.4, -0.2) is 42.0 Å². The van der Waals surface area contributed by atoms with Crippen LogP contribution in [0.25, 0.3) is 0 Å². The van der Waals surface area contributed by atoms with Crippen molar-refractivity contribution in [3.63, 3.8) is 0 Å². The second-order valence-electron chi connectivity index (χ2n) is 6.67. The van der Waals surface area contributed by atoms with Crippen LogP contribution >= 0.6 is 0 Å². The number of nitrogens with zero attached hydrogens (tertiary/aromatic N) is 1. The summed E-state index contributed by atoms with van der Waals surface area (Å²) in [5, 5.41) is 2.00. The lowest BCUT2D eigenvalue weighted by atomic mass is 9.86. The van der Waals surface area contributed by atoms with Crippen LogP contribution in [0.2, 0.25) is 0 Å². The number of nitrogens with one attached hydrogen (secondary N) is 1. The molecule has 0 bridgehead atoms. The Hall–Kier alpha value is -1.27. The third-order valence-corrected chi connectivity index (χ3v) is 4.93. The molecule has 0 unspecified atom stereocenters. The maximum Gasteiger partial charge on any atom is 0.471 e. The zero-order valence-corrected chi connectivity index (χ0v) is 13.3. The van der Waals surface area contributed by atoms with E-state index in [1.54, 1.807) is 4.90 Å². The fraction of sp³-hybridized carbons (Fsp3) is 0.875. The number of halogens is 3. The highest BCUT2D eigenvalue weighted by atomic mass is 19.4. The quantitative estimate of drug-likeness (QED) is 0.859. The average Bonchev–Trinajstić information content (AvgIpc) is 2.53. The average molecular weight is 334 g/mol. The van der Waals surface area contributed by atoms with E-state index in [-0.39, 0.29) is 5.91 Å². The van der Waals surface area contributed by atoms with Crippen molar-refractivity contribution in [1.29, 1.82) is 0 Å². The zero-order chi connectivity index (χ0) is 16.9. The van der Waals surface area contributed by atoms with Gasteiger partial charge in [-0.25, -0.2) is 0 Å². The predicted molar refractivity (Wildman–Crippen MR) is 79.6 cm³/mol. The van der Waals surface area contributed by atoms with E-state index >= 15 is 0 Å². The molecule has 0 aromatic heterocycles. The molecule has 0 spiro atoms. The normalized spacial score (nSPS) is 21.3. The summed E-state index contributed by atoms with van der Waals surface area (Å²) in [5.41, 5.74) is 0. The first-order valence-electron chi connectivity index (χ1n) is 8.51. The summed E-state index contributed by atoms with van der Waals surface area (Å²) < 4.78 is 36.6. The van der Waals surface area contributed by atoms with Gasteiger partial charge in [0.2, 0.25) is 5.91 Å². The van der Waals surface area contributed by atoms with E-state index in [9.17, 15) is 22.8 Å². The lowest BCUT2D eigenvalue weighted by molar-refractivity contribution is -0.174. The van der Waals surface area contributed by atoms with Crippen molar-refractivity contribution >= 4 is 11.8 Å². The van der Waals surface area contributed by atoms with Crippen LogP contribution in [0, 0.1) is 5.92 Å². The Balaban J connectivity index is 1.67.